The Labute approximate surface area is 80.6 Å². The van der Waals surface area contributed by atoms with Gasteiger partial charge in [-0.15, -0.1) is 0 Å². The van der Waals surface area contributed by atoms with Gasteiger partial charge in [-0.1, -0.05) is 18.2 Å². The molecule has 4 heteroatoms. The maximum Gasteiger partial charge on any atom is 0.261 e. The highest BCUT2D eigenvalue weighted by molar-refractivity contribution is 6.05. The maximum absolute atomic E-state index is 11.4. The fourth-order valence-electron chi connectivity index (χ4n) is 1.58. The van der Waals surface area contributed by atoms with Crippen LogP contribution in [0, 0.1) is 0 Å². The third kappa shape index (κ3) is 1.04. The molecule has 1 radical (unpaired) electrons. The summed E-state index contributed by atoms with van der Waals surface area (Å²) >= 11 is 0. The van der Waals surface area contributed by atoms with Gasteiger partial charge in [0.1, 0.15) is 0 Å². The van der Waals surface area contributed by atoms with Crippen LogP contribution in [-0.4, -0.2) is 17.3 Å². The zero-order chi connectivity index (χ0) is 10.2. The summed E-state index contributed by atoms with van der Waals surface area (Å²) in [7, 11) is 0. The van der Waals surface area contributed by atoms with Crippen LogP contribution in [0.4, 0.5) is 5.69 Å². The van der Waals surface area contributed by atoms with Crippen molar-refractivity contribution in [2.75, 3.05) is 5.32 Å². The number of carbonyl (C=O) groups excluding carboxylic acids is 2. The number of aliphatic hydroxyl groups is 1. The van der Waals surface area contributed by atoms with E-state index in [1.807, 2.05) is 0 Å². The largest absolute Gasteiger partial charge is 0.375 e. The summed E-state index contributed by atoms with van der Waals surface area (Å²) in [5.41, 5.74) is -0.748. The summed E-state index contributed by atoms with van der Waals surface area (Å²) in [6, 6.07) is 6.74. The maximum atomic E-state index is 11.4. The van der Waals surface area contributed by atoms with Crippen molar-refractivity contribution in [3.05, 3.63) is 29.8 Å². The van der Waals surface area contributed by atoms with E-state index in [0.717, 1.165) is 0 Å². The van der Waals surface area contributed by atoms with E-state index in [2.05, 4.69) is 5.32 Å². The van der Waals surface area contributed by atoms with Crippen molar-refractivity contribution in [3.63, 3.8) is 0 Å². The SMILES string of the molecule is O=[C]CC1(O)C(=O)Nc2ccccc21. The van der Waals surface area contributed by atoms with E-state index in [-0.39, 0.29) is 6.42 Å². The van der Waals surface area contributed by atoms with Crippen LogP contribution >= 0.6 is 0 Å². The molecular formula is C10H8NO3. The molecule has 0 saturated heterocycles. The highest BCUT2D eigenvalue weighted by Crippen LogP contribution is 2.37. The van der Waals surface area contributed by atoms with Crippen molar-refractivity contribution in [1.82, 2.24) is 0 Å². The molecule has 0 fully saturated rings. The van der Waals surface area contributed by atoms with Crippen LogP contribution in [-0.2, 0) is 15.2 Å². The minimum atomic E-state index is -1.74. The minimum absolute atomic E-state index is 0.337. The van der Waals surface area contributed by atoms with E-state index in [1.54, 1.807) is 30.6 Å². The first-order valence-electron chi connectivity index (χ1n) is 4.17. The summed E-state index contributed by atoms with van der Waals surface area (Å²) < 4.78 is 0. The number of hydrogen-bond acceptors (Lipinski definition) is 3. The molecule has 0 spiro atoms. The van der Waals surface area contributed by atoms with Crippen molar-refractivity contribution in [2.24, 2.45) is 0 Å². The van der Waals surface area contributed by atoms with Crippen molar-refractivity contribution in [2.45, 2.75) is 12.0 Å². The molecule has 1 aliphatic rings. The highest BCUT2D eigenvalue weighted by atomic mass is 16.3. The van der Waals surface area contributed by atoms with Gasteiger partial charge in [-0.05, 0) is 6.07 Å². The highest BCUT2D eigenvalue weighted by Gasteiger charge is 2.44. The summed E-state index contributed by atoms with van der Waals surface area (Å²) in [6.45, 7) is 0. The molecule has 0 bridgehead atoms. The number of benzene rings is 1. The van der Waals surface area contributed by atoms with Gasteiger partial charge in [0, 0.05) is 11.3 Å². The Hall–Kier alpha value is -1.68. The first-order chi connectivity index (χ1) is 6.68. The molecule has 71 valence electrons. The molecule has 1 atom stereocenters. The summed E-state index contributed by atoms with van der Waals surface area (Å²) in [5, 5.41) is 12.4. The van der Waals surface area contributed by atoms with Gasteiger partial charge in [0.05, 0.1) is 6.42 Å². The summed E-state index contributed by atoms with van der Waals surface area (Å²) in [4.78, 5) is 21.7. The molecule has 0 saturated carbocycles. The quantitative estimate of drug-likeness (QED) is 0.706. The molecule has 14 heavy (non-hydrogen) atoms. The lowest BCUT2D eigenvalue weighted by molar-refractivity contribution is -0.132. The Morgan fingerprint density at radius 2 is 2.14 bits per heavy atom. The van der Waals surface area contributed by atoms with Gasteiger partial charge in [0.15, 0.2) is 5.60 Å². The number of carbonyl (C=O) groups is 1. The van der Waals surface area contributed by atoms with Crippen LogP contribution in [0.15, 0.2) is 24.3 Å². The lowest BCUT2D eigenvalue weighted by Crippen LogP contribution is -2.34. The van der Waals surface area contributed by atoms with Crippen molar-refractivity contribution >= 4 is 17.9 Å². The van der Waals surface area contributed by atoms with Crippen LogP contribution in [0.25, 0.3) is 0 Å². The van der Waals surface area contributed by atoms with Gasteiger partial charge in [-0.25, -0.2) is 0 Å². The number of anilines is 1. The predicted octanol–water partition coefficient (Wildman–Crippen LogP) is 0.326. The molecule has 1 aliphatic heterocycles. The zero-order valence-corrected chi connectivity index (χ0v) is 7.28. The number of para-hydroxylation sites is 1. The summed E-state index contributed by atoms with van der Waals surface area (Å²) in [5.74, 6) is -0.568. The van der Waals surface area contributed by atoms with Crippen molar-refractivity contribution in [1.29, 1.82) is 0 Å². The Kier molecular flexibility index (Phi) is 1.86. The Bertz CT molecular complexity index is 402. The van der Waals surface area contributed by atoms with E-state index in [1.165, 1.54) is 0 Å². The van der Waals surface area contributed by atoms with Gasteiger partial charge >= 0.3 is 0 Å². The number of hydrogen-bond donors (Lipinski definition) is 2. The Balaban J connectivity index is 2.53. The van der Waals surface area contributed by atoms with E-state index >= 15 is 0 Å². The van der Waals surface area contributed by atoms with Gasteiger partial charge in [0.25, 0.3) is 5.91 Å². The van der Waals surface area contributed by atoms with Gasteiger partial charge < -0.3 is 10.4 Å². The molecule has 1 unspecified atom stereocenters. The monoisotopic (exact) mass is 190 g/mol. The average Bonchev–Trinajstić information content (AvgIpc) is 2.41. The second-order valence-corrected chi connectivity index (χ2v) is 3.18. The fourth-order valence-corrected chi connectivity index (χ4v) is 1.58. The number of fused-ring (bicyclic) bond motifs is 1. The van der Waals surface area contributed by atoms with Crippen LogP contribution in [0.5, 0.6) is 0 Å². The van der Waals surface area contributed by atoms with Gasteiger partial charge in [0.2, 0.25) is 6.29 Å². The van der Waals surface area contributed by atoms with Gasteiger partial charge in [-0.2, -0.15) is 0 Å². The van der Waals surface area contributed by atoms with E-state index in [9.17, 15) is 14.7 Å². The molecule has 1 amide bonds. The van der Waals surface area contributed by atoms with E-state index in [4.69, 9.17) is 0 Å². The molecule has 4 nitrogen and oxygen atoms in total. The first kappa shape index (κ1) is 8.90. The third-order valence-corrected chi connectivity index (χ3v) is 2.32. The average molecular weight is 190 g/mol. The molecule has 1 aromatic carbocycles. The topological polar surface area (TPSA) is 66.4 Å². The second kappa shape index (κ2) is 2.92. The van der Waals surface area contributed by atoms with Crippen molar-refractivity contribution in [3.8, 4) is 0 Å². The van der Waals surface area contributed by atoms with Crippen molar-refractivity contribution < 1.29 is 14.7 Å². The number of amides is 1. The minimum Gasteiger partial charge on any atom is -0.375 e. The Morgan fingerprint density at radius 3 is 2.86 bits per heavy atom. The smallest absolute Gasteiger partial charge is 0.261 e. The third-order valence-electron chi connectivity index (χ3n) is 2.32. The van der Waals surface area contributed by atoms with Crippen LogP contribution < -0.4 is 5.32 Å². The number of nitrogens with one attached hydrogen (secondary N) is 1. The first-order valence-corrected chi connectivity index (χ1v) is 4.17. The predicted molar refractivity (Wildman–Crippen MR) is 49.3 cm³/mol. The number of rotatable bonds is 2. The van der Waals surface area contributed by atoms with E-state index < -0.39 is 11.5 Å². The standard InChI is InChI=1S/C10H8NO3/c12-6-5-10(14)7-3-1-2-4-8(7)11-9(10)13/h1-4,14H,5H2,(H,11,13). The zero-order valence-electron chi connectivity index (χ0n) is 7.28. The molecule has 0 aliphatic carbocycles. The van der Waals surface area contributed by atoms with Gasteiger partial charge in [-0.3, -0.25) is 9.59 Å². The molecule has 1 aromatic rings. The van der Waals surface area contributed by atoms with Crippen LogP contribution in [0.1, 0.15) is 12.0 Å². The molecule has 0 aromatic heterocycles. The molecule has 1 heterocycles. The van der Waals surface area contributed by atoms with E-state index in [0.29, 0.717) is 11.3 Å². The lowest BCUT2D eigenvalue weighted by atomic mass is 9.93. The lowest BCUT2D eigenvalue weighted by Gasteiger charge is -2.16. The van der Waals surface area contributed by atoms with Crippen LogP contribution in [0.3, 0.4) is 0 Å². The fraction of sp³-hybridized carbons (Fsp3) is 0.200. The Morgan fingerprint density at radius 1 is 1.43 bits per heavy atom. The molecular weight excluding hydrogens is 182 g/mol. The second-order valence-electron chi connectivity index (χ2n) is 3.18. The summed E-state index contributed by atoms with van der Waals surface area (Å²) in [6.07, 6.45) is 1.22. The van der Waals surface area contributed by atoms with Crippen LogP contribution in [0.2, 0.25) is 0 Å². The molecule has 2 N–H and O–H groups in total. The molecule has 2 rings (SSSR count). The normalized spacial score (nSPS) is 24.2.